The summed E-state index contributed by atoms with van der Waals surface area (Å²) in [5.74, 6) is 0. The van der Waals surface area contributed by atoms with Gasteiger partial charge in [-0.1, -0.05) is 19.5 Å². The van der Waals surface area contributed by atoms with E-state index in [-0.39, 0.29) is 32.7 Å². The second-order valence-electron chi connectivity index (χ2n) is 3.37. The summed E-state index contributed by atoms with van der Waals surface area (Å²) in [5.41, 5.74) is 8.47. The number of nitrogens with two attached hydrogens (primary N) is 1. The van der Waals surface area contributed by atoms with Gasteiger partial charge < -0.3 is 5.73 Å². The largest absolute Gasteiger partial charge is 0.420 e. The number of rotatable bonds is 0. The molecule has 0 aliphatic carbocycles. The third-order valence-corrected chi connectivity index (χ3v) is 1.86. The van der Waals surface area contributed by atoms with Crippen LogP contribution in [0.3, 0.4) is 0 Å². The monoisotopic (exact) mass is 286 g/mol. The average molecular weight is 286 g/mol. The van der Waals surface area contributed by atoms with Crippen molar-refractivity contribution in [1.29, 1.82) is 0 Å². The number of hydrogen-bond donors (Lipinski definition) is 1. The molecule has 0 atom stereocenters. The van der Waals surface area contributed by atoms with Crippen LogP contribution >= 0.6 is 0 Å². The molecule has 0 saturated heterocycles. The molecule has 1 radical (unpaired) electrons. The first-order chi connectivity index (χ1) is 7.18. The second-order valence-corrected chi connectivity index (χ2v) is 3.37. The van der Waals surface area contributed by atoms with E-state index in [1.54, 1.807) is 0 Å². The minimum Gasteiger partial charge on any atom is -0.420 e. The topological polar surface area (TPSA) is 26.0 Å². The van der Waals surface area contributed by atoms with Crippen LogP contribution in [0.25, 0.3) is 0 Å². The van der Waals surface area contributed by atoms with Crippen molar-refractivity contribution in [2.24, 2.45) is 0 Å². The van der Waals surface area contributed by atoms with E-state index < -0.39 is 0 Å². The standard InChI is InChI=1S/C7H8N.C7H7.Y/c1-6-2-4-7(8)5-3-6;1-7-5-3-2-4-6-7;/h2-4H,8H2,1H3;2-5H,1H3;/q2*-1;. The van der Waals surface area contributed by atoms with Crippen molar-refractivity contribution in [3.63, 3.8) is 0 Å². The van der Waals surface area contributed by atoms with E-state index >= 15 is 0 Å². The number of benzene rings is 2. The first-order valence-electron chi connectivity index (χ1n) is 4.85. The summed E-state index contributed by atoms with van der Waals surface area (Å²) < 4.78 is 0. The van der Waals surface area contributed by atoms with Crippen LogP contribution in [0.15, 0.2) is 42.5 Å². The molecule has 81 valence electrons. The summed E-state index contributed by atoms with van der Waals surface area (Å²) in [5, 5.41) is 0. The summed E-state index contributed by atoms with van der Waals surface area (Å²) in [6, 6.07) is 19.5. The Bertz CT molecular complexity index is 360. The van der Waals surface area contributed by atoms with Crippen LogP contribution < -0.4 is 5.73 Å². The van der Waals surface area contributed by atoms with Crippen molar-refractivity contribution in [2.45, 2.75) is 13.8 Å². The van der Waals surface area contributed by atoms with E-state index in [4.69, 9.17) is 5.73 Å². The fourth-order valence-electron chi connectivity index (χ4n) is 0.998. The Morgan fingerprint density at radius 3 is 2.06 bits per heavy atom. The van der Waals surface area contributed by atoms with Gasteiger partial charge in [0.15, 0.2) is 0 Å². The third kappa shape index (κ3) is 6.76. The maximum atomic E-state index is 5.37. The van der Waals surface area contributed by atoms with E-state index in [1.165, 1.54) is 11.1 Å². The van der Waals surface area contributed by atoms with Crippen molar-refractivity contribution >= 4 is 5.69 Å². The predicted octanol–water partition coefficient (Wildman–Crippen LogP) is 3.17. The molecule has 2 heteroatoms. The van der Waals surface area contributed by atoms with Gasteiger partial charge in [-0.25, -0.2) is 0 Å². The van der Waals surface area contributed by atoms with Gasteiger partial charge in [0.25, 0.3) is 0 Å². The summed E-state index contributed by atoms with van der Waals surface area (Å²) in [4.78, 5) is 0. The summed E-state index contributed by atoms with van der Waals surface area (Å²) in [6.07, 6.45) is 0. The number of anilines is 1. The van der Waals surface area contributed by atoms with Crippen LogP contribution in [0, 0.1) is 26.0 Å². The zero-order valence-corrected chi connectivity index (χ0v) is 12.5. The molecule has 0 aliphatic rings. The average Bonchev–Trinajstić information content (AvgIpc) is 2.25. The molecule has 2 aromatic carbocycles. The van der Waals surface area contributed by atoms with Gasteiger partial charge >= 0.3 is 0 Å². The number of hydrogen-bond acceptors (Lipinski definition) is 1. The predicted molar refractivity (Wildman–Crippen MR) is 64.4 cm³/mol. The van der Waals surface area contributed by atoms with Crippen LogP contribution in [0.4, 0.5) is 5.69 Å². The Hall–Kier alpha value is -0.656. The molecule has 0 heterocycles. The normalized spacial score (nSPS) is 8.38. The third-order valence-electron chi connectivity index (χ3n) is 1.86. The Morgan fingerprint density at radius 1 is 1.00 bits per heavy atom. The molecular formula is C14H15NY-2. The minimum absolute atomic E-state index is 0. The molecule has 0 unspecified atom stereocenters. The maximum absolute atomic E-state index is 5.37. The van der Waals surface area contributed by atoms with Crippen molar-refractivity contribution in [2.75, 3.05) is 5.73 Å². The van der Waals surface area contributed by atoms with E-state index in [0.717, 1.165) is 0 Å². The molecule has 0 bridgehead atoms. The zero-order chi connectivity index (χ0) is 11.1. The van der Waals surface area contributed by atoms with Crippen LogP contribution in [-0.4, -0.2) is 0 Å². The first kappa shape index (κ1) is 15.3. The van der Waals surface area contributed by atoms with Crippen LogP contribution in [0.5, 0.6) is 0 Å². The fraction of sp³-hybridized carbons (Fsp3) is 0.143. The minimum atomic E-state index is 0. The van der Waals surface area contributed by atoms with Crippen LogP contribution in [0.1, 0.15) is 11.1 Å². The Kier molecular flexibility index (Phi) is 8.14. The van der Waals surface area contributed by atoms with E-state index in [2.05, 4.69) is 12.1 Å². The van der Waals surface area contributed by atoms with E-state index in [1.807, 2.05) is 56.3 Å². The molecule has 2 aromatic rings. The van der Waals surface area contributed by atoms with Gasteiger partial charge in [0.1, 0.15) is 0 Å². The van der Waals surface area contributed by atoms with Gasteiger partial charge in [-0.3, -0.25) is 0 Å². The molecule has 0 fully saturated rings. The fourth-order valence-corrected chi connectivity index (χ4v) is 0.998. The summed E-state index contributed by atoms with van der Waals surface area (Å²) in [6.45, 7) is 4.04. The zero-order valence-electron chi connectivity index (χ0n) is 9.70. The second kappa shape index (κ2) is 8.49. The van der Waals surface area contributed by atoms with Gasteiger partial charge in [0.05, 0.1) is 0 Å². The number of nitrogen functional groups attached to an aromatic ring is 1. The van der Waals surface area contributed by atoms with Gasteiger partial charge in [0.2, 0.25) is 0 Å². The molecule has 1 nitrogen and oxygen atoms in total. The van der Waals surface area contributed by atoms with Crippen molar-refractivity contribution in [3.8, 4) is 0 Å². The number of aryl methyl sites for hydroxylation is 2. The SMILES string of the molecule is Cc1[c-]cccc1.Cc1c[c-]c(N)cc1.[Y]. The smallest absolute Gasteiger partial charge is 0 e. The molecule has 16 heavy (non-hydrogen) atoms. The van der Waals surface area contributed by atoms with E-state index in [9.17, 15) is 0 Å². The maximum Gasteiger partial charge on any atom is 0 e. The van der Waals surface area contributed by atoms with Crippen LogP contribution in [0.2, 0.25) is 0 Å². The van der Waals surface area contributed by atoms with Crippen molar-refractivity contribution in [1.82, 2.24) is 0 Å². The molecular weight excluding hydrogens is 271 g/mol. The molecule has 0 spiro atoms. The molecule has 0 aliphatic heterocycles. The quantitative estimate of drug-likeness (QED) is 0.584. The van der Waals surface area contributed by atoms with Gasteiger partial charge in [-0.15, -0.1) is 6.07 Å². The summed E-state index contributed by atoms with van der Waals surface area (Å²) in [7, 11) is 0. The molecule has 0 aromatic heterocycles. The molecule has 0 saturated carbocycles. The summed E-state index contributed by atoms with van der Waals surface area (Å²) >= 11 is 0. The molecule has 2 rings (SSSR count). The Balaban J connectivity index is 0.000000267. The van der Waals surface area contributed by atoms with Crippen LogP contribution in [-0.2, 0) is 32.7 Å². The Morgan fingerprint density at radius 2 is 1.75 bits per heavy atom. The molecule has 0 amide bonds. The first-order valence-corrected chi connectivity index (χ1v) is 4.85. The van der Waals surface area contributed by atoms with Gasteiger partial charge in [-0.05, 0) is 0 Å². The van der Waals surface area contributed by atoms with Gasteiger partial charge in [-0.2, -0.15) is 59.7 Å². The van der Waals surface area contributed by atoms with Crippen molar-refractivity contribution in [3.05, 3.63) is 65.7 Å². The molecule has 2 N–H and O–H groups in total. The van der Waals surface area contributed by atoms with Gasteiger partial charge in [0, 0.05) is 32.7 Å². The van der Waals surface area contributed by atoms with Crippen molar-refractivity contribution < 1.29 is 32.7 Å². The Labute approximate surface area is 123 Å². The van der Waals surface area contributed by atoms with E-state index in [0.29, 0.717) is 5.69 Å².